The zero-order chi connectivity index (χ0) is 15.2. The molecule has 0 fully saturated rings. The summed E-state index contributed by atoms with van der Waals surface area (Å²) in [7, 11) is -3.16. The summed E-state index contributed by atoms with van der Waals surface area (Å²) in [6.07, 6.45) is 2.82. The summed E-state index contributed by atoms with van der Waals surface area (Å²) in [6.45, 7) is 5.68. The molecule has 0 N–H and O–H groups in total. The van der Waals surface area contributed by atoms with Gasteiger partial charge in [0.2, 0.25) is 0 Å². The lowest BCUT2D eigenvalue weighted by Crippen LogP contribution is -2.09. The molecule has 1 atom stereocenters. The van der Waals surface area contributed by atoms with Gasteiger partial charge in [0.15, 0.2) is 9.84 Å². The van der Waals surface area contributed by atoms with Gasteiger partial charge in [0.25, 0.3) is 0 Å². The monoisotopic (exact) mass is 296 g/mol. The minimum absolute atomic E-state index is 0.112. The number of hydrogen-bond acceptors (Lipinski definition) is 3. The van der Waals surface area contributed by atoms with Crippen LogP contribution in [-0.4, -0.2) is 20.0 Å². The Hall–Kier alpha value is -1.16. The number of ketones is 1. The van der Waals surface area contributed by atoms with E-state index in [9.17, 15) is 13.2 Å². The first-order chi connectivity index (χ1) is 9.39. The van der Waals surface area contributed by atoms with Gasteiger partial charge in [-0.2, -0.15) is 0 Å². The molecule has 0 aromatic heterocycles. The van der Waals surface area contributed by atoms with Crippen molar-refractivity contribution in [3.8, 4) is 0 Å². The summed E-state index contributed by atoms with van der Waals surface area (Å²) >= 11 is 0. The fraction of sp³-hybridized carbons (Fsp3) is 0.562. The highest BCUT2D eigenvalue weighted by molar-refractivity contribution is 7.91. The molecule has 0 aliphatic carbocycles. The van der Waals surface area contributed by atoms with Crippen LogP contribution in [0.15, 0.2) is 29.2 Å². The molecule has 0 saturated carbocycles. The highest BCUT2D eigenvalue weighted by atomic mass is 32.2. The van der Waals surface area contributed by atoms with Crippen LogP contribution in [0.2, 0.25) is 0 Å². The van der Waals surface area contributed by atoms with Crippen molar-refractivity contribution in [2.45, 2.75) is 51.3 Å². The second-order valence-electron chi connectivity index (χ2n) is 5.35. The van der Waals surface area contributed by atoms with Crippen LogP contribution in [0.4, 0.5) is 0 Å². The van der Waals surface area contributed by atoms with Crippen LogP contribution < -0.4 is 0 Å². The minimum Gasteiger partial charge on any atom is -0.300 e. The Balaban J connectivity index is 2.74. The summed E-state index contributed by atoms with van der Waals surface area (Å²) in [5, 5.41) is 0. The molecule has 1 rings (SSSR count). The SMILES string of the molecule is CCCC(=O)CC(C)Cc1cccc(S(=O)(=O)CC)c1. The predicted molar refractivity (Wildman–Crippen MR) is 81.6 cm³/mol. The lowest BCUT2D eigenvalue weighted by molar-refractivity contribution is -0.119. The van der Waals surface area contributed by atoms with Crippen molar-refractivity contribution >= 4 is 15.6 Å². The molecule has 0 radical (unpaired) electrons. The number of carbonyl (C=O) groups is 1. The maximum Gasteiger partial charge on any atom is 0.178 e. The first kappa shape index (κ1) is 16.9. The first-order valence-corrected chi connectivity index (χ1v) is 8.87. The van der Waals surface area contributed by atoms with Crippen molar-refractivity contribution in [2.24, 2.45) is 5.92 Å². The molecule has 4 heteroatoms. The van der Waals surface area contributed by atoms with Gasteiger partial charge in [-0.05, 0) is 36.5 Å². The molecule has 20 heavy (non-hydrogen) atoms. The molecule has 0 spiro atoms. The lowest BCUT2D eigenvalue weighted by atomic mass is 9.95. The van der Waals surface area contributed by atoms with Gasteiger partial charge in [-0.25, -0.2) is 8.42 Å². The molecular formula is C16H24O3S. The van der Waals surface area contributed by atoms with E-state index in [4.69, 9.17) is 0 Å². The van der Waals surface area contributed by atoms with Gasteiger partial charge in [-0.3, -0.25) is 4.79 Å². The quantitative estimate of drug-likeness (QED) is 0.738. The Morgan fingerprint density at radius 2 is 1.95 bits per heavy atom. The highest BCUT2D eigenvalue weighted by Gasteiger charge is 2.14. The molecule has 1 unspecified atom stereocenters. The van der Waals surface area contributed by atoms with Crippen molar-refractivity contribution in [3.63, 3.8) is 0 Å². The largest absolute Gasteiger partial charge is 0.300 e. The summed E-state index contributed by atoms with van der Waals surface area (Å²) in [5.41, 5.74) is 0.983. The number of hydrogen-bond donors (Lipinski definition) is 0. The van der Waals surface area contributed by atoms with Crippen molar-refractivity contribution in [3.05, 3.63) is 29.8 Å². The predicted octanol–water partition coefficient (Wildman–Crippen LogP) is 3.42. The van der Waals surface area contributed by atoms with Gasteiger partial charge in [0, 0.05) is 12.8 Å². The molecule has 0 amide bonds. The van der Waals surface area contributed by atoms with Crippen LogP contribution in [-0.2, 0) is 21.1 Å². The van der Waals surface area contributed by atoms with E-state index < -0.39 is 9.84 Å². The number of carbonyl (C=O) groups excluding carboxylic acids is 1. The molecule has 0 saturated heterocycles. The van der Waals surface area contributed by atoms with Gasteiger partial charge in [-0.1, -0.05) is 32.9 Å². The third kappa shape index (κ3) is 5.08. The molecular weight excluding hydrogens is 272 g/mol. The molecule has 0 aliphatic heterocycles. The average molecular weight is 296 g/mol. The Morgan fingerprint density at radius 3 is 2.55 bits per heavy atom. The van der Waals surface area contributed by atoms with E-state index in [0.717, 1.165) is 18.4 Å². The summed E-state index contributed by atoms with van der Waals surface area (Å²) in [6, 6.07) is 7.07. The van der Waals surface area contributed by atoms with Crippen LogP contribution in [0, 0.1) is 5.92 Å². The van der Waals surface area contributed by atoms with Gasteiger partial charge < -0.3 is 0 Å². The maximum absolute atomic E-state index is 11.8. The molecule has 1 aromatic carbocycles. The summed E-state index contributed by atoms with van der Waals surface area (Å²) in [5.74, 6) is 0.645. The summed E-state index contributed by atoms with van der Waals surface area (Å²) in [4.78, 5) is 12.0. The minimum atomic E-state index is -3.16. The van der Waals surface area contributed by atoms with Crippen LogP contribution >= 0.6 is 0 Å². The smallest absolute Gasteiger partial charge is 0.178 e. The molecule has 0 bridgehead atoms. The highest BCUT2D eigenvalue weighted by Crippen LogP contribution is 2.18. The fourth-order valence-corrected chi connectivity index (χ4v) is 3.23. The van der Waals surface area contributed by atoms with E-state index in [1.54, 1.807) is 25.1 Å². The van der Waals surface area contributed by atoms with Gasteiger partial charge in [0.1, 0.15) is 5.78 Å². The van der Waals surface area contributed by atoms with E-state index in [2.05, 4.69) is 0 Å². The summed E-state index contributed by atoms with van der Waals surface area (Å²) < 4.78 is 23.7. The third-order valence-corrected chi connectivity index (χ3v) is 5.06. The third-order valence-electron chi connectivity index (χ3n) is 3.33. The van der Waals surface area contributed by atoms with E-state index in [0.29, 0.717) is 17.7 Å². The Kier molecular flexibility index (Phi) is 6.40. The molecule has 3 nitrogen and oxygen atoms in total. The Bertz CT molecular complexity index is 547. The lowest BCUT2D eigenvalue weighted by Gasteiger charge is -2.11. The second kappa shape index (κ2) is 7.58. The van der Waals surface area contributed by atoms with Crippen LogP contribution in [0.1, 0.15) is 45.6 Å². The molecule has 112 valence electrons. The topological polar surface area (TPSA) is 51.2 Å². The van der Waals surface area contributed by atoms with Gasteiger partial charge >= 0.3 is 0 Å². The maximum atomic E-state index is 11.8. The standard InChI is InChI=1S/C16H24O3S/c1-4-7-15(17)11-13(3)10-14-8-6-9-16(12-14)20(18,19)5-2/h6,8-9,12-13H,4-5,7,10-11H2,1-3H3. The van der Waals surface area contributed by atoms with E-state index in [1.807, 2.05) is 19.9 Å². The van der Waals surface area contributed by atoms with E-state index in [1.165, 1.54) is 0 Å². The number of benzene rings is 1. The van der Waals surface area contributed by atoms with Crippen molar-refractivity contribution in [1.82, 2.24) is 0 Å². The second-order valence-corrected chi connectivity index (χ2v) is 7.63. The molecule has 1 aromatic rings. The number of Topliss-reactive ketones (excluding diaryl/α,β-unsaturated/α-hetero) is 1. The Labute approximate surface area is 122 Å². The Morgan fingerprint density at radius 1 is 1.25 bits per heavy atom. The van der Waals surface area contributed by atoms with E-state index in [-0.39, 0.29) is 17.5 Å². The van der Waals surface area contributed by atoms with Crippen molar-refractivity contribution in [1.29, 1.82) is 0 Å². The first-order valence-electron chi connectivity index (χ1n) is 7.22. The molecule has 0 aliphatic rings. The van der Waals surface area contributed by atoms with Crippen LogP contribution in [0.25, 0.3) is 0 Å². The zero-order valence-electron chi connectivity index (χ0n) is 12.6. The number of sulfone groups is 1. The van der Waals surface area contributed by atoms with Crippen LogP contribution in [0.5, 0.6) is 0 Å². The van der Waals surface area contributed by atoms with E-state index >= 15 is 0 Å². The normalized spacial score (nSPS) is 13.2. The van der Waals surface area contributed by atoms with Crippen molar-refractivity contribution in [2.75, 3.05) is 5.75 Å². The fourth-order valence-electron chi connectivity index (χ4n) is 2.28. The molecule has 0 heterocycles. The average Bonchev–Trinajstić information content (AvgIpc) is 2.39. The van der Waals surface area contributed by atoms with Crippen LogP contribution in [0.3, 0.4) is 0 Å². The van der Waals surface area contributed by atoms with Gasteiger partial charge in [0.05, 0.1) is 10.6 Å². The van der Waals surface area contributed by atoms with Crippen molar-refractivity contribution < 1.29 is 13.2 Å². The number of rotatable bonds is 8. The van der Waals surface area contributed by atoms with Gasteiger partial charge in [-0.15, -0.1) is 0 Å². The zero-order valence-corrected chi connectivity index (χ0v) is 13.4.